The van der Waals surface area contributed by atoms with Crippen molar-refractivity contribution in [3.63, 3.8) is 0 Å². The molecule has 0 bridgehead atoms. The third-order valence-corrected chi connectivity index (χ3v) is 6.86. The lowest BCUT2D eigenvalue weighted by atomic mass is 9.97. The number of aliphatic carboxylic acids is 1. The maximum Gasteiger partial charge on any atom is 0.326 e. The third-order valence-electron chi connectivity index (χ3n) is 6.86. The van der Waals surface area contributed by atoms with Crippen molar-refractivity contribution in [3.8, 4) is 0 Å². The van der Waals surface area contributed by atoms with Gasteiger partial charge in [0.25, 0.3) is 0 Å². The highest BCUT2D eigenvalue weighted by Gasteiger charge is 2.39. The van der Waals surface area contributed by atoms with Gasteiger partial charge in [0.05, 0.1) is 13.0 Å². The number of likely N-dealkylation sites (tertiary alicyclic amines) is 1. The molecule has 1 aliphatic rings. The fraction of sp³-hybridized carbons (Fsp3) is 0.429. The normalized spacial score (nSPS) is 18.6. The van der Waals surface area contributed by atoms with Crippen LogP contribution in [0.25, 0.3) is 0 Å². The molecular formula is C28H34FN3O5. The van der Waals surface area contributed by atoms with Gasteiger partial charge in [-0.25, -0.2) is 9.18 Å². The van der Waals surface area contributed by atoms with Crippen molar-refractivity contribution in [3.05, 3.63) is 71.5 Å². The predicted octanol–water partition coefficient (Wildman–Crippen LogP) is 2.56. The summed E-state index contributed by atoms with van der Waals surface area (Å²) in [5, 5.41) is 15.0. The summed E-state index contributed by atoms with van der Waals surface area (Å²) in [5.41, 5.74) is 1.68. The van der Waals surface area contributed by atoms with Crippen LogP contribution in [0.4, 0.5) is 4.39 Å². The quantitative estimate of drug-likeness (QED) is 0.429. The zero-order chi connectivity index (χ0) is 26.9. The van der Waals surface area contributed by atoms with Crippen molar-refractivity contribution in [2.24, 2.45) is 11.8 Å². The maximum atomic E-state index is 13.2. The molecule has 3 N–H and O–H groups in total. The van der Waals surface area contributed by atoms with E-state index in [1.54, 1.807) is 12.1 Å². The van der Waals surface area contributed by atoms with Crippen LogP contribution >= 0.6 is 0 Å². The Morgan fingerprint density at radius 3 is 2.35 bits per heavy atom. The van der Waals surface area contributed by atoms with Crippen molar-refractivity contribution in [2.75, 3.05) is 13.1 Å². The number of nitrogens with one attached hydrogen (secondary N) is 2. The molecule has 2 aromatic carbocycles. The van der Waals surface area contributed by atoms with E-state index in [0.717, 1.165) is 11.1 Å². The van der Waals surface area contributed by atoms with E-state index in [1.807, 2.05) is 44.2 Å². The van der Waals surface area contributed by atoms with Crippen molar-refractivity contribution < 1.29 is 28.7 Å². The molecule has 2 aromatic rings. The van der Waals surface area contributed by atoms with Gasteiger partial charge in [-0.2, -0.15) is 0 Å². The van der Waals surface area contributed by atoms with Gasteiger partial charge in [-0.05, 0) is 47.9 Å². The van der Waals surface area contributed by atoms with Crippen LogP contribution in [0.15, 0.2) is 54.6 Å². The molecule has 0 spiro atoms. The van der Waals surface area contributed by atoms with Crippen LogP contribution in [-0.4, -0.2) is 58.9 Å². The van der Waals surface area contributed by atoms with E-state index >= 15 is 0 Å². The summed E-state index contributed by atoms with van der Waals surface area (Å²) in [6, 6.07) is 13.4. The predicted molar refractivity (Wildman–Crippen MR) is 136 cm³/mol. The standard InChI is InChI=1S/C28H34FN3O5/c1-3-18(2)26(31-24(33)15-19-7-5-4-6-8-19)27(35)30-16-25(34)32-17-21(14-23(32)28(36)37)13-20-9-11-22(29)12-10-20/h4-12,18,21,23,26H,3,13-17H2,1-2H3,(H,30,35)(H,31,33)(H,36,37)/t18-,21?,23?,26-/m0/s1. The fourth-order valence-electron chi connectivity index (χ4n) is 4.62. The van der Waals surface area contributed by atoms with Gasteiger partial charge in [-0.3, -0.25) is 14.4 Å². The Morgan fingerprint density at radius 2 is 1.73 bits per heavy atom. The highest BCUT2D eigenvalue weighted by Crippen LogP contribution is 2.27. The van der Waals surface area contributed by atoms with Gasteiger partial charge in [0, 0.05) is 6.54 Å². The van der Waals surface area contributed by atoms with E-state index in [-0.39, 0.29) is 49.5 Å². The Labute approximate surface area is 216 Å². The molecule has 0 aromatic heterocycles. The number of hydrogen-bond donors (Lipinski definition) is 3. The number of carboxylic acids is 1. The Bertz CT molecular complexity index is 1090. The van der Waals surface area contributed by atoms with Gasteiger partial charge in [0.1, 0.15) is 17.9 Å². The molecule has 3 amide bonds. The average Bonchev–Trinajstić information content (AvgIpc) is 3.31. The summed E-state index contributed by atoms with van der Waals surface area (Å²) in [7, 11) is 0. The van der Waals surface area contributed by atoms with Crippen LogP contribution in [0.2, 0.25) is 0 Å². The van der Waals surface area contributed by atoms with Gasteiger partial charge < -0.3 is 20.6 Å². The smallest absolute Gasteiger partial charge is 0.326 e. The number of halogens is 1. The third kappa shape index (κ3) is 7.87. The molecule has 1 saturated heterocycles. The number of carboxylic acid groups (broad SMARTS) is 1. The van der Waals surface area contributed by atoms with E-state index in [9.17, 15) is 28.7 Å². The monoisotopic (exact) mass is 511 g/mol. The minimum absolute atomic E-state index is 0.101. The van der Waals surface area contributed by atoms with Crippen LogP contribution in [0.3, 0.4) is 0 Å². The minimum atomic E-state index is -1.10. The zero-order valence-electron chi connectivity index (χ0n) is 21.2. The molecule has 4 atom stereocenters. The number of amides is 3. The van der Waals surface area contributed by atoms with Crippen molar-refractivity contribution in [2.45, 2.75) is 51.6 Å². The molecule has 1 heterocycles. The van der Waals surface area contributed by atoms with E-state index in [0.29, 0.717) is 12.8 Å². The number of carbonyl (C=O) groups excluding carboxylic acids is 3. The Balaban J connectivity index is 1.58. The first-order valence-corrected chi connectivity index (χ1v) is 12.6. The number of rotatable bonds is 11. The van der Waals surface area contributed by atoms with E-state index in [2.05, 4.69) is 10.6 Å². The first kappa shape index (κ1) is 27.8. The maximum absolute atomic E-state index is 13.2. The van der Waals surface area contributed by atoms with Crippen LogP contribution in [0, 0.1) is 17.7 Å². The summed E-state index contributed by atoms with van der Waals surface area (Å²) in [6.07, 6.45) is 1.56. The molecular weight excluding hydrogens is 477 g/mol. The molecule has 1 aliphatic heterocycles. The molecule has 1 fully saturated rings. The lowest BCUT2D eigenvalue weighted by molar-refractivity contribution is -0.148. The second-order valence-electron chi connectivity index (χ2n) is 9.64. The zero-order valence-corrected chi connectivity index (χ0v) is 21.2. The Hall–Kier alpha value is -3.75. The van der Waals surface area contributed by atoms with Crippen LogP contribution in [0.1, 0.15) is 37.8 Å². The summed E-state index contributed by atoms with van der Waals surface area (Å²) in [6.45, 7) is 3.61. The van der Waals surface area contributed by atoms with Gasteiger partial charge in [-0.15, -0.1) is 0 Å². The molecule has 37 heavy (non-hydrogen) atoms. The van der Waals surface area contributed by atoms with E-state index in [1.165, 1.54) is 17.0 Å². The van der Waals surface area contributed by atoms with Gasteiger partial charge in [0.15, 0.2) is 0 Å². The van der Waals surface area contributed by atoms with Crippen LogP contribution in [-0.2, 0) is 32.0 Å². The summed E-state index contributed by atoms with van der Waals surface area (Å²) in [5.74, 6) is -3.01. The topological polar surface area (TPSA) is 116 Å². The number of carbonyl (C=O) groups is 4. The molecule has 3 rings (SSSR count). The second kappa shape index (κ2) is 13.0. The van der Waals surface area contributed by atoms with Crippen molar-refractivity contribution in [1.29, 1.82) is 0 Å². The Kier molecular flexibility index (Phi) is 9.77. The molecule has 0 aliphatic carbocycles. The average molecular weight is 512 g/mol. The summed E-state index contributed by atoms with van der Waals surface area (Å²) in [4.78, 5) is 51.6. The molecule has 0 saturated carbocycles. The fourth-order valence-corrected chi connectivity index (χ4v) is 4.62. The highest BCUT2D eigenvalue weighted by molar-refractivity contribution is 5.92. The Morgan fingerprint density at radius 1 is 1.05 bits per heavy atom. The summed E-state index contributed by atoms with van der Waals surface area (Å²) < 4.78 is 13.2. The van der Waals surface area contributed by atoms with Crippen LogP contribution < -0.4 is 10.6 Å². The molecule has 198 valence electrons. The van der Waals surface area contributed by atoms with Gasteiger partial charge in [0.2, 0.25) is 17.7 Å². The van der Waals surface area contributed by atoms with E-state index in [4.69, 9.17) is 0 Å². The number of benzene rings is 2. The molecule has 9 heteroatoms. The largest absolute Gasteiger partial charge is 0.480 e. The second-order valence-corrected chi connectivity index (χ2v) is 9.64. The van der Waals surface area contributed by atoms with Crippen molar-refractivity contribution >= 4 is 23.7 Å². The van der Waals surface area contributed by atoms with Gasteiger partial charge in [-0.1, -0.05) is 62.7 Å². The molecule has 2 unspecified atom stereocenters. The summed E-state index contributed by atoms with van der Waals surface area (Å²) >= 11 is 0. The lowest BCUT2D eigenvalue weighted by Crippen LogP contribution is -2.53. The number of hydrogen-bond acceptors (Lipinski definition) is 4. The molecule has 0 radical (unpaired) electrons. The minimum Gasteiger partial charge on any atom is -0.480 e. The van der Waals surface area contributed by atoms with Crippen LogP contribution in [0.5, 0.6) is 0 Å². The van der Waals surface area contributed by atoms with Gasteiger partial charge >= 0.3 is 5.97 Å². The molecule has 8 nitrogen and oxygen atoms in total. The SMILES string of the molecule is CC[C@H](C)[C@H](NC(=O)Cc1ccccc1)C(=O)NCC(=O)N1CC(Cc2ccc(F)cc2)CC1C(=O)O. The lowest BCUT2D eigenvalue weighted by Gasteiger charge is -2.25. The highest BCUT2D eigenvalue weighted by atomic mass is 19.1. The van der Waals surface area contributed by atoms with E-state index < -0.39 is 29.9 Å². The number of nitrogens with zero attached hydrogens (tertiary/aromatic N) is 1. The van der Waals surface area contributed by atoms with Crippen molar-refractivity contribution in [1.82, 2.24) is 15.5 Å². The first-order chi connectivity index (χ1) is 17.7. The first-order valence-electron chi connectivity index (χ1n) is 12.6.